The van der Waals surface area contributed by atoms with Gasteiger partial charge in [0, 0.05) is 30.6 Å². The summed E-state index contributed by atoms with van der Waals surface area (Å²) in [5.41, 5.74) is 2.46. The molecular formula is C23H23N3O5. The van der Waals surface area contributed by atoms with Gasteiger partial charge in [-0.2, -0.15) is 0 Å². The van der Waals surface area contributed by atoms with Gasteiger partial charge in [-0.15, -0.1) is 0 Å². The average Bonchev–Trinajstić information content (AvgIpc) is 3.08. The highest BCUT2D eigenvalue weighted by molar-refractivity contribution is 6.16. The van der Waals surface area contributed by atoms with Gasteiger partial charge >= 0.3 is 5.97 Å². The Morgan fingerprint density at radius 2 is 1.68 bits per heavy atom. The minimum atomic E-state index is -0.520. The van der Waals surface area contributed by atoms with Crippen molar-refractivity contribution in [2.75, 3.05) is 25.1 Å². The monoisotopic (exact) mass is 421 g/mol. The van der Waals surface area contributed by atoms with E-state index < -0.39 is 6.17 Å². The van der Waals surface area contributed by atoms with Gasteiger partial charge in [0.1, 0.15) is 6.17 Å². The van der Waals surface area contributed by atoms with Crippen molar-refractivity contribution in [3.8, 4) is 0 Å². The van der Waals surface area contributed by atoms with Gasteiger partial charge in [-0.25, -0.2) is 0 Å². The zero-order valence-corrected chi connectivity index (χ0v) is 17.2. The standard InChI is InChI=1S/C23H23N3O5/c1-31-20(28)12-13-24-19(27)11-6-14-25-21-15-7-2-3-8-16(15)23(30)26(21)18-10-5-4-9-17(18)22(25)29/h2-5,7-10,21H,6,11-14H2,1H3,(H,24,27). The van der Waals surface area contributed by atoms with E-state index in [2.05, 4.69) is 10.1 Å². The highest BCUT2D eigenvalue weighted by Crippen LogP contribution is 2.45. The summed E-state index contributed by atoms with van der Waals surface area (Å²) in [6, 6.07) is 14.4. The first-order valence-electron chi connectivity index (χ1n) is 10.2. The number of nitrogens with one attached hydrogen (secondary N) is 1. The van der Waals surface area contributed by atoms with Crippen molar-refractivity contribution < 1.29 is 23.9 Å². The molecule has 1 unspecified atom stereocenters. The van der Waals surface area contributed by atoms with Crippen LogP contribution < -0.4 is 10.2 Å². The number of methoxy groups -OCH3 is 1. The highest BCUT2D eigenvalue weighted by Gasteiger charge is 2.47. The summed E-state index contributed by atoms with van der Waals surface area (Å²) in [7, 11) is 1.30. The number of fused-ring (bicyclic) bond motifs is 5. The van der Waals surface area contributed by atoms with Crippen LogP contribution in [0.25, 0.3) is 0 Å². The molecule has 1 atom stereocenters. The molecule has 0 fully saturated rings. The molecule has 8 heteroatoms. The van der Waals surface area contributed by atoms with E-state index in [1.165, 1.54) is 7.11 Å². The van der Waals surface area contributed by atoms with Crippen LogP contribution in [-0.2, 0) is 14.3 Å². The van der Waals surface area contributed by atoms with Crippen LogP contribution in [0.4, 0.5) is 5.69 Å². The summed E-state index contributed by atoms with van der Waals surface area (Å²) in [5, 5.41) is 2.67. The smallest absolute Gasteiger partial charge is 0.307 e. The summed E-state index contributed by atoms with van der Waals surface area (Å²) in [4.78, 5) is 52.9. The van der Waals surface area contributed by atoms with E-state index >= 15 is 0 Å². The number of para-hydroxylation sites is 1. The van der Waals surface area contributed by atoms with Crippen LogP contribution in [0.3, 0.4) is 0 Å². The maximum absolute atomic E-state index is 13.3. The van der Waals surface area contributed by atoms with Crippen LogP contribution in [0.2, 0.25) is 0 Å². The number of hydrogen-bond donors (Lipinski definition) is 1. The minimum absolute atomic E-state index is 0.111. The fourth-order valence-electron chi connectivity index (χ4n) is 4.10. The molecule has 2 aliphatic heterocycles. The van der Waals surface area contributed by atoms with Gasteiger partial charge in [0.25, 0.3) is 11.8 Å². The van der Waals surface area contributed by atoms with Crippen molar-refractivity contribution in [1.29, 1.82) is 0 Å². The molecule has 2 aliphatic rings. The molecule has 160 valence electrons. The van der Waals surface area contributed by atoms with Crippen molar-refractivity contribution in [3.05, 3.63) is 65.2 Å². The molecule has 1 N–H and O–H groups in total. The van der Waals surface area contributed by atoms with E-state index in [1.807, 2.05) is 24.3 Å². The maximum Gasteiger partial charge on any atom is 0.307 e. The Hall–Kier alpha value is -3.68. The second kappa shape index (κ2) is 8.59. The Morgan fingerprint density at radius 3 is 2.45 bits per heavy atom. The molecule has 0 bridgehead atoms. The molecule has 0 spiro atoms. The van der Waals surface area contributed by atoms with E-state index in [0.29, 0.717) is 29.8 Å². The number of amides is 3. The van der Waals surface area contributed by atoms with Crippen molar-refractivity contribution in [3.63, 3.8) is 0 Å². The van der Waals surface area contributed by atoms with Gasteiger partial charge in [-0.1, -0.05) is 30.3 Å². The molecule has 3 amide bonds. The van der Waals surface area contributed by atoms with E-state index in [-0.39, 0.29) is 43.1 Å². The molecule has 8 nitrogen and oxygen atoms in total. The third kappa shape index (κ3) is 3.76. The van der Waals surface area contributed by atoms with Gasteiger partial charge in [-0.05, 0) is 24.6 Å². The van der Waals surface area contributed by atoms with Gasteiger partial charge in [-0.3, -0.25) is 24.1 Å². The number of esters is 1. The lowest BCUT2D eigenvalue weighted by atomic mass is 10.0. The van der Waals surface area contributed by atoms with Gasteiger partial charge < -0.3 is 15.0 Å². The first kappa shape index (κ1) is 20.6. The highest BCUT2D eigenvalue weighted by atomic mass is 16.5. The van der Waals surface area contributed by atoms with Crippen molar-refractivity contribution >= 4 is 29.4 Å². The number of hydrogen-bond acceptors (Lipinski definition) is 5. The summed E-state index contributed by atoms with van der Waals surface area (Å²) < 4.78 is 4.54. The van der Waals surface area contributed by atoms with E-state index in [0.717, 1.165) is 5.56 Å². The lowest BCUT2D eigenvalue weighted by molar-refractivity contribution is -0.140. The van der Waals surface area contributed by atoms with Crippen molar-refractivity contribution in [1.82, 2.24) is 10.2 Å². The number of ether oxygens (including phenoxy) is 1. The third-order valence-electron chi connectivity index (χ3n) is 5.56. The van der Waals surface area contributed by atoms with Crippen LogP contribution in [0, 0.1) is 0 Å². The summed E-state index contributed by atoms with van der Waals surface area (Å²) >= 11 is 0. The van der Waals surface area contributed by atoms with Gasteiger partial charge in [0.2, 0.25) is 5.91 Å². The lowest BCUT2D eigenvalue weighted by Gasteiger charge is -2.41. The van der Waals surface area contributed by atoms with E-state index in [4.69, 9.17) is 0 Å². The molecule has 0 aromatic heterocycles. The van der Waals surface area contributed by atoms with Gasteiger partial charge in [0.15, 0.2) is 0 Å². The number of benzene rings is 2. The Morgan fingerprint density at radius 1 is 0.968 bits per heavy atom. The Balaban J connectivity index is 1.50. The lowest BCUT2D eigenvalue weighted by Crippen LogP contribution is -2.48. The average molecular weight is 421 g/mol. The number of carbonyl (C=O) groups excluding carboxylic acids is 4. The largest absolute Gasteiger partial charge is 0.469 e. The normalized spacial score (nSPS) is 16.5. The Labute approximate surface area is 179 Å². The number of carbonyl (C=O) groups is 4. The molecule has 0 radical (unpaired) electrons. The molecule has 0 aliphatic carbocycles. The van der Waals surface area contributed by atoms with Crippen LogP contribution >= 0.6 is 0 Å². The SMILES string of the molecule is COC(=O)CCNC(=O)CCCN1C(=O)c2ccccc2N2C(=O)c3ccccc3C12. The van der Waals surface area contributed by atoms with Crippen molar-refractivity contribution in [2.45, 2.75) is 25.4 Å². The molecule has 31 heavy (non-hydrogen) atoms. The first-order valence-corrected chi connectivity index (χ1v) is 10.2. The summed E-state index contributed by atoms with van der Waals surface area (Å²) in [6.45, 7) is 0.528. The minimum Gasteiger partial charge on any atom is -0.469 e. The Bertz CT molecular complexity index is 1050. The Kier molecular flexibility index (Phi) is 5.70. The van der Waals surface area contributed by atoms with Crippen LogP contribution in [0.5, 0.6) is 0 Å². The second-order valence-corrected chi connectivity index (χ2v) is 7.43. The topological polar surface area (TPSA) is 96.0 Å². The van der Waals surface area contributed by atoms with Crippen molar-refractivity contribution in [2.24, 2.45) is 0 Å². The third-order valence-corrected chi connectivity index (χ3v) is 5.56. The molecule has 4 rings (SSSR count). The molecule has 2 heterocycles. The molecule has 2 aromatic rings. The number of anilines is 1. The molecule has 0 saturated heterocycles. The quantitative estimate of drug-likeness (QED) is 0.692. The number of rotatable bonds is 7. The zero-order valence-electron chi connectivity index (χ0n) is 17.2. The van der Waals surface area contributed by atoms with Gasteiger partial charge in [0.05, 0.1) is 24.8 Å². The van der Waals surface area contributed by atoms with Crippen LogP contribution in [-0.4, -0.2) is 48.8 Å². The zero-order chi connectivity index (χ0) is 22.0. The van der Waals surface area contributed by atoms with Crippen LogP contribution in [0.15, 0.2) is 48.5 Å². The molecular weight excluding hydrogens is 398 g/mol. The fourth-order valence-corrected chi connectivity index (χ4v) is 4.10. The van der Waals surface area contributed by atoms with E-state index in [1.54, 1.807) is 34.1 Å². The number of nitrogens with zero attached hydrogens (tertiary/aromatic N) is 2. The molecule has 0 saturated carbocycles. The predicted molar refractivity (Wildman–Crippen MR) is 112 cm³/mol. The maximum atomic E-state index is 13.3. The first-order chi connectivity index (χ1) is 15.0. The fraction of sp³-hybridized carbons (Fsp3) is 0.304. The van der Waals surface area contributed by atoms with Crippen LogP contribution in [0.1, 0.15) is 51.7 Å². The predicted octanol–water partition coefficient (Wildman–Crippen LogP) is 2.26. The van der Waals surface area contributed by atoms with E-state index in [9.17, 15) is 19.2 Å². The molecule has 2 aromatic carbocycles. The second-order valence-electron chi connectivity index (χ2n) is 7.43. The summed E-state index contributed by atoms with van der Waals surface area (Å²) in [5.74, 6) is -0.880. The summed E-state index contributed by atoms with van der Waals surface area (Å²) in [6.07, 6.45) is 0.223.